The predicted octanol–water partition coefficient (Wildman–Crippen LogP) is -1.39. The third kappa shape index (κ3) is 47.6. The SMILES string of the molecule is CCC(COCC(C)NC(=O)CC(=O)NCCC[Si](CO)(OC)OC)(COCC(C)NC(=O)CC(=O)NCCC[Si](OC)(OC)OC)COCC(C)NC(=O)CC(=O)NCCC[Si](OC)(OC)OC.CO[Si](CO)(CCCNC(=O)CC(=O)NC(C)COCC(C)NC(=O)CC(=O)NCCC[Si](OC)(OC)OC)OC. The van der Waals surface area contributed by atoms with Crippen LogP contribution in [0.4, 0.5) is 0 Å². The maximum atomic E-state index is 12.7. The topological polar surface area (TPSA) is 488 Å². The molecule has 644 valence electrons. The van der Waals surface area contributed by atoms with Gasteiger partial charge in [-0.1, -0.05) is 6.92 Å². The van der Waals surface area contributed by atoms with E-state index >= 15 is 0 Å². The van der Waals surface area contributed by atoms with Crippen molar-refractivity contribution in [2.75, 3.05) is 190 Å². The molecule has 44 heteroatoms. The number of rotatable bonds is 67. The Morgan fingerprint density at radius 3 is 0.655 bits per heavy atom. The number of carbonyl (C=O) groups excluding carboxylic acids is 10. The lowest BCUT2D eigenvalue weighted by atomic mass is 9.88. The maximum Gasteiger partial charge on any atom is 0.500 e. The molecule has 0 rings (SSSR count). The molecule has 0 aliphatic carbocycles. The van der Waals surface area contributed by atoms with Gasteiger partial charge in [0.15, 0.2) is 0 Å². The average molecular weight is 1670 g/mol. The van der Waals surface area contributed by atoms with Crippen molar-refractivity contribution in [1.29, 1.82) is 0 Å². The van der Waals surface area contributed by atoms with Crippen molar-refractivity contribution in [1.82, 2.24) is 53.2 Å². The lowest BCUT2D eigenvalue weighted by Crippen LogP contribution is -2.45. The van der Waals surface area contributed by atoms with Crippen molar-refractivity contribution in [2.45, 2.75) is 173 Å². The Hall–Kier alpha value is -4.98. The van der Waals surface area contributed by atoms with E-state index in [1.165, 1.54) is 92.4 Å². The minimum atomic E-state index is -2.77. The van der Waals surface area contributed by atoms with Gasteiger partial charge in [-0.3, -0.25) is 47.9 Å². The molecule has 0 radical (unpaired) electrons. The summed E-state index contributed by atoms with van der Waals surface area (Å²) in [6, 6.07) is 0.388. The number of ether oxygens (including phenoxy) is 4. The molecule has 0 aromatic heterocycles. The van der Waals surface area contributed by atoms with Crippen LogP contribution in [-0.2, 0) is 124 Å². The van der Waals surface area contributed by atoms with Gasteiger partial charge in [0.2, 0.25) is 59.1 Å². The molecule has 110 heavy (non-hydrogen) atoms. The smallest absolute Gasteiger partial charge is 0.396 e. The molecular formula is C66H136N10O29Si5. The Kier molecular flexibility index (Phi) is 59.8. The summed E-state index contributed by atoms with van der Waals surface area (Å²) in [5.41, 5.74) is -0.720. The number of hydrogen-bond acceptors (Lipinski definition) is 29. The fraction of sp³-hybridized carbons (Fsp3) is 0.848. The van der Waals surface area contributed by atoms with Crippen molar-refractivity contribution in [3.8, 4) is 0 Å². The summed E-state index contributed by atoms with van der Waals surface area (Å²) < 4.78 is 93.5. The van der Waals surface area contributed by atoms with Crippen LogP contribution in [0.1, 0.15) is 112 Å². The Labute approximate surface area is 656 Å². The molecular weight excluding hydrogens is 1540 g/mol. The van der Waals surface area contributed by atoms with E-state index < -0.39 is 126 Å². The third-order valence-electron chi connectivity index (χ3n) is 17.3. The molecule has 0 spiro atoms. The van der Waals surface area contributed by atoms with Crippen LogP contribution in [0.2, 0.25) is 30.2 Å². The summed E-state index contributed by atoms with van der Waals surface area (Å²) in [6.45, 7) is 13.3. The van der Waals surface area contributed by atoms with Gasteiger partial charge < -0.3 is 140 Å². The van der Waals surface area contributed by atoms with E-state index in [0.29, 0.717) is 94.9 Å². The molecule has 10 amide bonds. The monoisotopic (exact) mass is 1670 g/mol. The normalized spacial score (nSPS) is 13.9. The molecule has 0 saturated carbocycles. The number of hydrogen-bond donors (Lipinski definition) is 12. The van der Waals surface area contributed by atoms with Gasteiger partial charge in [-0.05, 0) is 85.2 Å². The zero-order valence-corrected chi connectivity index (χ0v) is 73.7. The predicted molar refractivity (Wildman–Crippen MR) is 413 cm³/mol. The standard InChI is InChI=1S/C42H86N6O18Si3.C24H50N4O11Si2/c1-13-42(29-64-26-33(2)46-39(53)23-36(50)43-17-14-20-67(32-49,56-5)57-6,30-65-27-34(3)47-40(54)24-37(51)44-18-15-21-68(58-7,59-8)60-9)31-66-28-35(4)48-41(55)25-38(52)45-19-16-22-69(61-10,62-11)63-12;1-19(27-23(32)14-21(30)25-10-8-12-40(18-29,34-3)35-4)16-39-17-20(2)28-24(33)15-22(31)26-11-9-13-41(36-5,37-6)38-7/h33-35,49H,13-32H2,1-12H3,(H,43,50)(H,44,51)(H,45,52)(H,46,53)(H,47,54)(H,48,55);19-20,29H,8-18H2,1-7H3,(H,25,30)(H,26,31)(H,27,32)(H,28,33). The van der Waals surface area contributed by atoms with Crippen LogP contribution in [0.25, 0.3) is 0 Å². The Balaban J connectivity index is 0. The summed E-state index contributed by atoms with van der Waals surface area (Å²) in [5, 5.41) is 46.3. The first-order valence-corrected chi connectivity index (χ1v) is 47.0. The van der Waals surface area contributed by atoms with E-state index in [1.807, 2.05) is 6.92 Å². The van der Waals surface area contributed by atoms with Crippen LogP contribution in [-0.4, -0.2) is 333 Å². The summed E-state index contributed by atoms with van der Waals surface area (Å²) in [5.74, 6) is -4.47. The first kappa shape index (κ1) is 107. The number of nitrogens with one attached hydrogen (secondary N) is 10. The van der Waals surface area contributed by atoms with Gasteiger partial charge >= 0.3 is 43.5 Å². The number of aliphatic hydroxyl groups is 2. The van der Waals surface area contributed by atoms with Crippen LogP contribution in [0, 0.1) is 5.41 Å². The summed E-state index contributed by atoms with van der Waals surface area (Å²) in [4.78, 5) is 124. The lowest BCUT2D eigenvalue weighted by molar-refractivity contribution is -0.132. The molecule has 0 fully saturated rings. The molecule has 0 heterocycles. The quantitative estimate of drug-likeness (QED) is 0.0189. The molecule has 0 bridgehead atoms. The van der Waals surface area contributed by atoms with Crippen LogP contribution in [0.15, 0.2) is 0 Å². The lowest BCUT2D eigenvalue weighted by Gasteiger charge is -2.33. The fourth-order valence-corrected chi connectivity index (χ4v) is 19.1. The summed E-state index contributed by atoms with van der Waals surface area (Å²) in [7, 11) is 5.98. The first-order chi connectivity index (χ1) is 52.2. The van der Waals surface area contributed by atoms with Crippen LogP contribution in [0.3, 0.4) is 0 Å². The van der Waals surface area contributed by atoms with Gasteiger partial charge in [-0.15, -0.1) is 0 Å². The highest BCUT2D eigenvalue weighted by Gasteiger charge is 2.40. The Bertz CT molecular complexity index is 2320. The number of amides is 10. The third-order valence-corrected chi connectivity index (χ3v) is 32.0. The molecule has 5 atom stereocenters. The van der Waals surface area contributed by atoms with Crippen molar-refractivity contribution >= 4 is 103 Å². The van der Waals surface area contributed by atoms with E-state index in [0.717, 1.165) is 0 Å². The zero-order chi connectivity index (χ0) is 83.7. The van der Waals surface area contributed by atoms with E-state index in [4.69, 9.17) is 76.5 Å². The van der Waals surface area contributed by atoms with Gasteiger partial charge in [0.05, 0.1) is 65.3 Å². The van der Waals surface area contributed by atoms with Gasteiger partial charge in [0.1, 0.15) is 32.1 Å². The molecule has 5 unspecified atom stereocenters. The minimum Gasteiger partial charge on any atom is -0.396 e. The summed E-state index contributed by atoms with van der Waals surface area (Å²) in [6.07, 6.45) is 1.07. The van der Waals surface area contributed by atoms with Gasteiger partial charge in [0.25, 0.3) is 0 Å². The van der Waals surface area contributed by atoms with Crippen molar-refractivity contribution in [2.24, 2.45) is 5.41 Å². The van der Waals surface area contributed by atoms with Gasteiger partial charge in [-0.25, -0.2) is 0 Å². The second kappa shape index (κ2) is 61.5. The molecule has 0 aromatic carbocycles. The van der Waals surface area contributed by atoms with E-state index in [1.54, 1.807) is 34.6 Å². The number of aliphatic hydroxyl groups excluding tert-OH is 2. The van der Waals surface area contributed by atoms with Crippen molar-refractivity contribution < 1.29 is 135 Å². The minimum absolute atomic E-state index is 0.0992. The second-order valence-corrected chi connectivity index (χ2v) is 42.5. The molecule has 0 aliphatic rings. The van der Waals surface area contributed by atoms with Crippen molar-refractivity contribution in [3.05, 3.63) is 0 Å². The van der Waals surface area contributed by atoms with Crippen molar-refractivity contribution in [3.63, 3.8) is 0 Å². The van der Waals surface area contributed by atoms with Crippen LogP contribution >= 0.6 is 0 Å². The zero-order valence-electron chi connectivity index (χ0n) is 68.7. The first-order valence-electron chi connectivity index (χ1n) is 36.7. The number of carbonyl (C=O) groups is 10. The van der Waals surface area contributed by atoms with E-state index in [9.17, 15) is 58.2 Å². The van der Waals surface area contributed by atoms with E-state index in [-0.39, 0.29) is 116 Å². The van der Waals surface area contributed by atoms with Gasteiger partial charge in [-0.2, -0.15) is 0 Å². The van der Waals surface area contributed by atoms with Crippen LogP contribution < -0.4 is 53.2 Å². The van der Waals surface area contributed by atoms with E-state index in [2.05, 4.69) is 53.2 Å². The molecule has 39 nitrogen and oxygen atoms in total. The largest absolute Gasteiger partial charge is 0.500 e. The van der Waals surface area contributed by atoms with Crippen LogP contribution in [0.5, 0.6) is 0 Å². The highest BCUT2D eigenvalue weighted by molar-refractivity contribution is 6.67. The molecule has 12 N–H and O–H groups in total. The molecule has 0 aliphatic heterocycles. The molecule has 0 aromatic rings. The highest BCUT2D eigenvalue weighted by atomic mass is 28.4. The Morgan fingerprint density at radius 2 is 0.482 bits per heavy atom. The molecule has 0 saturated heterocycles. The second-order valence-electron chi connectivity index (χ2n) is 26.3. The Morgan fingerprint density at radius 1 is 0.291 bits per heavy atom. The maximum absolute atomic E-state index is 12.7. The fourth-order valence-electron chi connectivity index (χ4n) is 10.5. The highest BCUT2D eigenvalue weighted by Crippen LogP contribution is 2.25. The summed E-state index contributed by atoms with van der Waals surface area (Å²) >= 11 is 0. The van der Waals surface area contributed by atoms with Gasteiger partial charge in [0, 0.05) is 179 Å². The average Bonchev–Trinajstić information content (AvgIpc) is 0.877.